The molecular formula is C14H14F3N3O2S2. The van der Waals surface area contributed by atoms with Crippen LogP contribution < -0.4 is 10.1 Å². The summed E-state index contributed by atoms with van der Waals surface area (Å²) in [5.41, 5.74) is -0.833. The molecule has 0 unspecified atom stereocenters. The lowest BCUT2D eigenvalue weighted by atomic mass is 10.2. The first-order chi connectivity index (χ1) is 11.2. The number of alkyl halides is 3. The minimum absolute atomic E-state index is 0.0340. The molecule has 0 spiro atoms. The molecule has 130 valence electrons. The van der Waals surface area contributed by atoms with E-state index in [0.717, 1.165) is 16.5 Å². The van der Waals surface area contributed by atoms with E-state index < -0.39 is 24.3 Å². The zero-order valence-corrected chi connectivity index (χ0v) is 14.4. The highest BCUT2D eigenvalue weighted by Gasteiger charge is 2.30. The van der Waals surface area contributed by atoms with Crippen molar-refractivity contribution in [1.29, 1.82) is 0 Å². The number of hydrogen-bond donors (Lipinski definition) is 1. The molecule has 0 radical (unpaired) electrons. The number of amides is 1. The first kappa shape index (κ1) is 18.5. The van der Waals surface area contributed by atoms with E-state index in [1.165, 1.54) is 35.2 Å². The zero-order chi connectivity index (χ0) is 17.7. The van der Waals surface area contributed by atoms with Crippen molar-refractivity contribution in [3.63, 3.8) is 0 Å². The van der Waals surface area contributed by atoms with Gasteiger partial charge in [0.05, 0.1) is 5.56 Å². The lowest BCUT2D eigenvalue weighted by Crippen LogP contribution is -2.20. The zero-order valence-electron chi connectivity index (χ0n) is 12.8. The molecule has 10 heteroatoms. The van der Waals surface area contributed by atoms with Crippen LogP contribution >= 0.6 is 23.1 Å². The fraction of sp³-hybridized carbons (Fsp3) is 0.357. The Morgan fingerprint density at radius 2 is 2.12 bits per heavy atom. The van der Waals surface area contributed by atoms with E-state index in [-0.39, 0.29) is 5.75 Å². The van der Waals surface area contributed by atoms with Crippen LogP contribution in [0.15, 0.2) is 28.6 Å². The molecule has 1 amide bonds. The van der Waals surface area contributed by atoms with Crippen LogP contribution in [0.25, 0.3) is 0 Å². The highest BCUT2D eigenvalue weighted by atomic mass is 32.2. The number of benzene rings is 1. The predicted molar refractivity (Wildman–Crippen MR) is 86.5 cm³/mol. The van der Waals surface area contributed by atoms with E-state index in [0.29, 0.717) is 10.4 Å². The molecular weight excluding hydrogens is 363 g/mol. The summed E-state index contributed by atoms with van der Waals surface area (Å²) in [4.78, 5) is 11.8. The van der Waals surface area contributed by atoms with Crippen molar-refractivity contribution in [3.8, 4) is 5.75 Å². The maximum atomic E-state index is 12.6. The smallest absolute Gasteiger partial charge is 0.416 e. The highest BCUT2D eigenvalue weighted by molar-refractivity contribution is 8.01. The quantitative estimate of drug-likeness (QED) is 0.607. The van der Waals surface area contributed by atoms with Gasteiger partial charge in [-0.25, -0.2) is 0 Å². The number of carbonyl (C=O) groups excluding carboxylic acids is 1. The Kier molecular flexibility index (Phi) is 6.05. The molecule has 2 aromatic rings. The summed E-state index contributed by atoms with van der Waals surface area (Å²) in [6.45, 7) is 3.59. The summed E-state index contributed by atoms with van der Waals surface area (Å²) in [5.74, 6) is -0.557. The first-order valence-corrected chi connectivity index (χ1v) is 8.53. The second-order valence-electron chi connectivity index (χ2n) is 4.90. The maximum absolute atomic E-state index is 12.6. The Labute approximate surface area is 144 Å². The molecule has 0 bridgehead atoms. The van der Waals surface area contributed by atoms with E-state index in [2.05, 4.69) is 15.5 Å². The van der Waals surface area contributed by atoms with Crippen molar-refractivity contribution in [2.75, 3.05) is 11.9 Å². The number of rotatable bonds is 6. The van der Waals surface area contributed by atoms with Crippen molar-refractivity contribution in [1.82, 2.24) is 10.2 Å². The normalized spacial score (nSPS) is 11.6. The molecule has 0 aliphatic carbocycles. The van der Waals surface area contributed by atoms with Gasteiger partial charge in [0.25, 0.3) is 5.91 Å². The van der Waals surface area contributed by atoms with E-state index >= 15 is 0 Å². The third-order valence-corrected chi connectivity index (χ3v) is 4.45. The number of anilines is 1. The third-order valence-electron chi connectivity index (χ3n) is 2.52. The van der Waals surface area contributed by atoms with Gasteiger partial charge in [-0.3, -0.25) is 10.1 Å². The van der Waals surface area contributed by atoms with Crippen LogP contribution in [0.3, 0.4) is 0 Å². The van der Waals surface area contributed by atoms with Crippen molar-refractivity contribution in [3.05, 3.63) is 29.8 Å². The third kappa shape index (κ3) is 5.68. The summed E-state index contributed by atoms with van der Waals surface area (Å²) in [6, 6.07) is 4.35. The van der Waals surface area contributed by atoms with Gasteiger partial charge < -0.3 is 4.74 Å². The Morgan fingerprint density at radius 1 is 1.38 bits per heavy atom. The highest BCUT2D eigenvalue weighted by Crippen LogP contribution is 2.31. The van der Waals surface area contributed by atoms with Gasteiger partial charge >= 0.3 is 6.18 Å². The number of aromatic nitrogens is 2. The number of hydrogen-bond acceptors (Lipinski definition) is 6. The van der Waals surface area contributed by atoms with Gasteiger partial charge in [0.1, 0.15) is 5.75 Å². The van der Waals surface area contributed by atoms with E-state index in [9.17, 15) is 18.0 Å². The van der Waals surface area contributed by atoms with Crippen molar-refractivity contribution >= 4 is 34.1 Å². The van der Waals surface area contributed by atoms with Gasteiger partial charge in [0, 0.05) is 5.25 Å². The van der Waals surface area contributed by atoms with Crippen LogP contribution in [0.4, 0.5) is 18.3 Å². The predicted octanol–water partition coefficient (Wildman–Crippen LogP) is 4.07. The minimum Gasteiger partial charge on any atom is -0.484 e. The second-order valence-corrected chi connectivity index (χ2v) is 7.70. The average molecular weight is 377 g/mol. The van der Waals surface area contributed by atoms with E-state index in [1.54, 1.807) is 0 Å². The molecule has 0 saturated carbocycles. The van der Waals surface area contributed by atoms with Gasteiger partial charge in [0.15, 0.2) is 10.9 Å². The van der Waals surface area contributed by atoms with Gasteiger partial charge in [-0.2, -0.15) is 13.2 Å². The molecule has 1 heterocycles. The van der Waals surface area contributed by atoms with Crippen LogP contribution in [0.5, 0.6) is 5.75 Å². The van der Waals surface area contributed by atoms with E-state index in [1.807, 2.05) is 13.8 Å². The van der Waals surface area contributed by atoms with Gasteiger partial charge in [-0.05, 0) is 18.2 Å². The fourth-order valence-electron chi connectivity index (χ4n) is 1.58. The minimum atomic E-state index is -4.46. The Hall–Kier alpha value is -1.81. The number of nitrogens with zero attached hydrogens (tertiary/aromatic N) is 2. The Balaban J connectivity index is 1.88. The van der Waals surface area contributed by atoms with Crippen LogP contribution in [0.2, 0.25) is 0 Å². The van der Waals surface area contributed by atoms with Gasteiger partial charge in [0.2, 0.25) is 5.13 Å². The van der Waals surface area contributed by atoms with Crippen LogP contribution in [-0.4, -0.2) is 28.0 Å². The number of carbonyl (C=O) groups is 1. The molecule has 2 rings (SSSR count). The summed E-state index contributed by atoms with van der Waals surface area (Å²) < 4.78 is 43.6. The SMILES string of the molecule is CC(C)Sc1nnc(NC(=O)COc2cccc(C(F)(F)F)c2)s1. The molecule has 0 fully saturated rings. The monoisotopic (exact) mass is 377 g/mol. The van der Waals surface area contributed by atoms with Gasteiger partial charge in [-0.15, -0.1) is 10.2 Å². The number of ether oxygens (including phenoxy) is 1. The number of thioether (sulfide) groups is 1. The molecule has 1 N–H and O–H groups in total. The average Bonchev–Trinajstić information content (AvgIpc) is 2.91. The summed E-state index contributed by atoms with van der Waals surface area (Å²) in [6.07, 6.45) is -4.46. The molecule has 0 saturated heterocycles. The van der Waals surface area contributed by atoms with Crippen molar-refractivity contribution in [2.45, 2.75) is 29.6 Å². The van der Waals surface area contributed by atoms with Crippen LogP contribution in [0.1, 0.15) is 19.4 Å². The molecule has 5 nitrogen and oxygen atoms in total. The Morgan fingerprint density at radius 3 is 2.79 bits per heavy atom. The number of halogens is 3. The summed E-state index contributed by atoms with van der Waals surface area (Å²) in [5, 5.41) is 10.9. The standard InChI is InChI=1S/C14H14F3N3O2S2/c1-8(2)23-13-20-19-12(24-13)18-11(21)7-22-10-5-3-4-9(6-10)14(15,16)17/h3-6,8H,7H2,1-2H3,(H,18,19,21). The lowest BCUT2D eigenvalue weighted by Gasteiger charge is -2.09. The van der Waals surface area contributed by atoms with Crippen molar-refractivity contribution in [2.24, 2.45) is 0 Å². The Bertz CT molecular complexity index is 705. The molecule has 0 aliphatic rings. The molecule has 1 aromatic carbocycles. The topological polar surface area (TPSA) is 64.1 Å². The van der Waals surface area contributed by atoms with Crippen LogP contribution in [0, 0.1) is 0 Å². The summed E-state index contributed by atoms with van der Waals surface area (Å²) in [7, 11) is 0. The van der Waals surface area contributed by atoms with Gasteiger partial charge in [-0.1, -0.05) is 43.0 Å². The second kappa shape index (κ2) is 7.84. The van der Waals surface area contributed by atoms with Crippen LogP contribution in [-0.2, 0) is 11.0 Å². The van der Waals surface area contributed by atoms with E-state index in [4.69, 9.17) is 4.74 Å². The molecule has 0 atom stereocenters. The molecule has 1 aromatic heterocycles. The fourth-order valence-corrected chi connectivity index (χ4v) is 3.57. The number of nitrogens with one attached hydrogen (secondary N) is 1. The first-order valence-electron chi connectivity index (χ1n) is 6.84. The molecule has 24 heavy (non-hydrogen) atoms. The van der Waals surface area contributed by atoms with Crippen molar-refractivity contribution < 1.29 is 22.7 Å². The largest absolute Gasteiger partial charge is 0.484 e. The molecule has 0 aliphatic heterocycles. The lowest BCUT2D eigenvalue weighted by molar-refractivity contribution is -0.137. The summed E-state index contributed by atoms with van der Waals surface area (Å²) >= 11 is 2.74. The maximum Gasteiger partial charge on any atom is 0.416 e.